The zero-order chi connectivity index (χ0) is 12.3. The first-order valence-corrected chi connectivity index (χ1v) is 5.58. The second-order valence-electron chi connectivity index (χ2n) is 3.93. The first-order chi connectivity index (χ1) is 8.20. The van der Waals surface area contributed by atoms with Gasteiger partial charge in [-0.1, -0.05) is 6.07 Å². The molecular formula is C12H15NO4. The van der Waals surface area contributed by atoms with Crippen LogP contribution in [0.1, 0.15) is 16.8 Å². The lowest BCUT2D eigenvalue weighted by atomic mass is 10.1. The van der Waals surface area contributed by atoms with Gasteiger partial charge in [0, 0.05) is 19.7 Å². The van der Waals surface area contributed by atoms with Gasteiger partial charge in [-0.05, 0) is 18.6 Å². The van der Waals surface area contributed by atoms with Crippen LogP contribution in [0.15, 0.2) is 18.2 Å². The van der Waals surface area contributed by atoms with Gasteiger partial charge in [-0.3, -0.25) is 4.79 Å². The molecule has 1 saturated heterocycles. The Hall–Kier alpha value is -1.75. The number of hydrogen-bond donors (Lipinski definition) is 2. The normalized spacial score (nSPS) is 16.6. The minimum absolute atomic E-state index is 0.0330. The van der Waals surface area contributed by atoms with Crippen LogP contribution in [0.5, 0.6) is 11.5 Å². The van der Waals surface area contributed by atoms with E-state index in [9.17, 15) is 15.0 Å². The number of nitrogens with zero attached hydrogens (tertiary/aromatic N) is 1. The van der Waals surface area contributed by atoms with Crippen molar-refractivity contribution in [3.05, 3.63) is 23.8 Å². The molecule has 2 rings (SSSR count). The van der Waals surface area contributed by atoms with E-state index in [4.69, 9.17) is 4.74 Å². The van der Waals surface area contributed by atoms with Crippen molar-refractivity contribution in [2.45, 2.75) is 6.42 Å². The number of aromatic hydroxyl groups is 2. The fraction of sp³-hybridized carbons (Fsp3) is 0.417. The summed E-state index contributed by atoms with van der Waals surface area (Å²) in [4.78, 5) is 13.7. The average molecular weight is 237 g/mol. The second kappa shape index (κ2) is 5.05. The van der Waals surface area contributed by atoms with Gasteiger partial charge in [-0.2, -0.15) is 0 Å². The van der Waals surface area contributed by atoms with Gasteiger partial charge in [0.2, 0.25) is 0 Å². The van der Waals surface area contributed by atoms with E-state index in [2.05, 4.69) is 0 Å². The molecule has 1 aromatic carbocycles. The predicted molar refractivity (Wildman–Crippen MR) is 61.1 cm³/mol. The van der Waals surface area contributed by atoms with E-state index in [-0.39, 0.29) is 23.0 Å². The molecular weight excluding hydrogens is 222 g/mol. The highest BCUT2D eigenvalue weighted by atomic mass is 16.5. The monoisotopic (exact) mass is 237 g/mol. The molecule has 1 aromatic rings. The summed E-state index contributed by atoms with van der Waals surface area (Å²) in [5.41, 5.74) is -0.0330. The summed E-state index contributed by atoms with van der Waals surface area (Å²) in [6.07, 6.45) is 0.764. The van der Waals surface area contributed by atoms with Gasteiger partial charge in [-0.25, -0.2) is 0 Å². The molecule has 0 unspecified atom stereocenters. The van der Waals surface area contributed by atoms with Crippen molar-refractivity contribution in [2.24, 2.45) is 0 Å². The van der Waals surface area contributed by atoms with Gasteiger partial charge < -0.3 is 19.8 Å². The number of carbonyl (C=O) groups is 1. The van der Waals surface area contributed by atoms with E-state index in [0.29, 0.717) is 26.3 Å². The quantitative estimate of drug-likeness (QED) is 0.763. The van der Waals surface area contributed by atoms with Crippen LogP contribution < -0.4 is 0 Å². The lowest BCUT2D eigenvalue weighted by Crippen LogP contribution is -2.33. The van der Waals surface area contributed by atoms with Gasteiger partial charge in [0.05, 0.1) is 6.61 Å². The van der Waals surface area contributed by atoms with E-state index in [1.165, 1.54) is 18.2 Å². The van der Waals surface area contributed by atoms with Crippen molar-refractivity contribution < 1.29 is 19.7 Å². The maximum atomic E-state index is 12.1. The van der Waals surface area contributed by atoms with Crippen molar-refractivity contribution in [1.29, 1.82) is 0 Å². The highest BCUT2D eigenvalue weighted by molar-refractivity contribution is 5.99. The molecule has 17 heavy (non-hydrogen) atoms. The summed E-state index contributed by atoms with van der Waals surface area (Å²) < 4.78 is 5.25. The Morgan fingerprint density at radius 3 is 2.59 bits per heavy atom. The minimum atomic E-state index is -0.355. The van der Waals surface area contributed by atoms with Crippen LogP contribution in [-0.4, -0.2) is 47.3 Å². The number of hydrogen-bond acceptors (Lipinski definition) is 4. The van der Waals surface area contributed by atoms with E-state index < -0.39 is 0 Å². The number of amides is 1. The first kappa shape index (κ1) is 11.7. The topological polar surface area (TPSA) is 70.0 Å². The Bertz CT molecular complexity index is 391. The molecule has 5 nitrogen and oxygen atoms in total. The third kappa shape index (κ3) is 2.50. The molecule has 1 amide bonds. The SMILES string of the molecule is O=C(c1c(O)cccc1O)N1CCCOCC1. The number of benzene rings is 1. The van der Waals surface area contributed by atoms with Crippen LogP contribution in [0, 0.1) is 0 Å². The second-order valence-corrected chi connectivity index (χ2v) is 3.93. The standard InChI is InChI=1S/C12H15NO4/c14-9-3-1-4-10(15)11(9)12(16)13-5-2-7-17-8-6-13/h1,3-4,14-15H,2,5-8H2. The van der Waals surface area contributed by atoms with Gasteiger partial charge in [0.1, 0.15) is 17.1 Å². The van der Waals surface area contributed by atoms with Gasteiger partial charge in [0.25, 0.3) is 5.91 Å². The predicted octanol–water partition coefficient (Wildman–Crippen LogP) is 0.960. The average Bonchev–Trinajstić information content (AvgIpc) is 2.57. The molecule has 1 heterocycles. The molecule has 0 saturated carbocycles. The largest absolute Gasteiger partial charge is 0.507 e. The molecule has 1 fully saturated rings. The van der Waals surface area contributed by atoms with Gasteiger partial charge in [0.15, 0.2) is 0 Å². The zero-order valence-corrected chi connectivity index (χ0v) is 9.43. The van der Waals surface area contributed by atoms with Crippen molar-refractivity contribution in [1.82, 2.24) is 4.90 Å². The summed E-state index contributed by atoms with van der Waals surface area (Å²) in [7, 11) is 0. The summed E-state index contributed by atoms with van der Waals surface area (Å²) in [6.45, 7) is 2.18. The summed E-state index contributed by atoms with van der Waals surface area (Å²) in [6, 6.07) is 4.27. The van der Waals surface area contributed by atoms with E-state index in [0.717, 1.165) is 6.42 Å². The highest BCUT2D eigenvalue weighted by Crippen LogP contribution is 2.27. The number of phenols is 2. The molecule has 5 heteroatoms. The molecule has 0 bridgehead atoms. The number of carbonyl (C=O) groups excluding carboxylic acids is 1. The third-order valence-corrected chi connectivity index (χ3v) is 2.74. The maximum Gasteiger partial charge on any atom is 0.261 e. The van der Waals surface area contributed by atoms with E-state index in [1.807, 2.05) is 0 Å². The van der Waals surface area contributed by atoms with Crippen molar-refractivity contribution >= 4 is 5.91 Å². The van der Waals surface area contributed by atoms with Crippen LogP contribution >= 0.6 is 0 Å². The molecule has 0 atom stereocenters. The summed E-state index contributed by atoms with van der Waals surface area (Å²) in [5, 5.41) is 19.2. The maximum absolute atomic E-state index is 12.1. The molecule has 0 radical (unpaired) electrons. The molecule has 92 valence electrons. The van der Waals surface area contributed by atoms with Crippen molar-refractivity contribution in [2.75, 3.05) is 26.3 Å². The Labute approximate surface area is 99.2 Å². The first-order valence-electron chi connectivity index (χ1n) is 5.58. The number of rotatable bonds is 1. The fourth-order valence-corrected chi connectivity index (χ4v) is 1.85. The van der Waals surface area contributed by atoms with Gasteiger partial charge >= 0.3 is 0 Å². The summed E-state index contributed by atoms with van der Waals surface area (Å²) in [5.74, 6) is -0.744. The number of phenolic OH excluding ortho intramolecular Hbond substituents is 2. The zero-order valence-electron chi connectivity index (χ0n) is 9.43. The third-order valence-electron chi connectivity index (χ3n) is 2.74. The van der Waals surface area contributed by atoms with Crippen LogP contribution in [0.2, 0.25) is 0 Å². The van der Waals surface area contributed by atoms with E-state index in [1.54, 1.807) is 4.90 Å². The minimum Gasteiger partial charge on any atom is -0.507 e. The molecule has 1 aliphatic heterocycles. The Morgan fingerprint density at radius 2 is 1.88 bits per heavy atom. The lowest BCUT2D eigenvalue weighted by Gasteiger charge is -2.20. The van der Waals surface area contributed by atoms with E-state index >= 15 is 0 Å². The lowest BCUT2D eigenvalue weighted by molar-refractivity contribution is 0.0735. The van der Waals surface area contributed by atoms with Crippen molar-refractivity contribution in [3.63, 3.8) is 0 Å². The molecule has 0 aromatic heterocycles. The Morgan fingerprint density at radius 1 is 1.18 bits per heavy atom. The van der Waals surface area contributed by atoms with Gasteiger partial charge in [-0.15, -0.1) is 0 Å². The Balaban J connectivity index is 2.23. The van der Waals surface area contributed by atoms with Crippen LogP contribution in [0.4, 0.5) is 0 Å². The molecule has 0 aliphatic carbocycles. The summed E-state index contributed by atoms with van der Waals surface area (Å²) >= 11 is 0. The van der Waals surface area contributed by atoms with Crippen LogP contribution in [-0.2, 0) is 4.74 Å². The smallest absolute Gasteiger partial charge is 0.261 e. The molecule has 0 spiro atoms. The highest BCUT2D eigenvalue weighted by Gasteiger charge is 2.23. The molecule has 1 aliphatic rings. The molecule has 2 N–H and O–H groups in total. The van der Waals surface area contributed by atoms with Crippen LogP contribution in [0.3, 0.4) is 0 Å². The van der Waals surface area contributed by atoms with Crippen molar-refractivity contribution in [3.8, 4) is 11.5 Å². The Kier molecular flexibility index (Phi) is 3.49. The van der Waals surface area contributed by atoms with Crippen LogP contribution in [0.25, 0.3) is 0 Å². The number of ether oxygens (including phenoxy) is 1. The fourth-order valence-electron chi connectivity index (χ4n) is 1.85.